The number of nitrogens with one attached hydrogen (secondary N) is 2. The third-order valence-corrected chi connectivity index (χ3v) is 5.66. The molecule has 9 nitrogen and oxygen atoms in total. The van der Waals surface area contributed by atoms with Crippen LogP contribution in [0.15, 0.2) is 65.5 Å². The number of benzene rings is 2. The quantitative estimate of drug-likeness (QED) is 0.492. The molecule has 184 valence electrons. The average Bonchev–Trinajstić information content (AvgIpc) is 2.87. The van der Waals surface area contributed by atoms with Crippen LogP contribution in [0.5, 0.6) is 5.75 Å². The van der Waals surface area contributed by atoms with Gasteiger partial charge in [0.15, 0.2) is 0 Å². The maximum atomic E-state index is 12.4. The zero-order valence-electron chi connectivity index (χ0n) is 19.9. The Labute approximate surface area is 204 Å². The number of urea groups is 1. The van der Waals surface area contributed by atoms with E-state index in [0.29, 0.717) is 31.1 Å². The standard InChI is InChI=1S/C26H31N5O4/c1-2-27-26(33)28-22-8-6-20(7-9-22)19-31-25(32)11-10-24(29-31)21-4-3-5-23(18-21)35-17-14-30-12-15-34-16-13-30/h3-11,18H,2,12-17,19H2,1H3,(H2,27,28,33). The molecule has 4 rings (SSSR count). The molecule has 0 spiro atoms. The number of carbonyl (C=O) groups excluding carboxylic acids is 1. The van der Waals surface area contributed by atoms with Gasteiger partial charge in [0.2, 0.25) is 0 Å². The van der Waals surface area contributed by atoms with Gasteiger partial charge in [-0.15, -0.1) is 0 Å². The van der Waals surface area contributed by atoms with Gasteiger partial charge in [-0.05, 0) is 42.8 Å². The van der Waals surface area contributed by atoms with Gasteiger partial charge in [0.25, 0.3) is 5.56 Å². The molecule has 0 saturated carbocycles. The number of carbonyl (C=O) groups is 1. The van der Waals surface area contributed by atoms with Gasteiger partial charge in [0, 0.05) is 43.5 Å². The first kappa shape index (κ1) is 24.4. The molecule has 35 heavy (non-hydrogen) atoms. The Bertz CT molecular complexity index is 1170. The SMILES string of the molecule is CCNC(=O)Nc1ccc(Cn2nc(-c3cccc(OCCN4CCOCC4)c3)ccc2=O)cc1. The molecule has 1 aliphatic heterocycles. The molecular formula is C26H31N5O4. The number of hydrogen-bond acceptors (Lipinski definition) is 6. The maximum absolute atomic E-state index is 12.4. The summed E-state index contributed by atoms with van der Waals surface area (Å²) in [6.07, 6.45) is 0. The molecule has 0 aliphatic carbocycles. The number of rotatable bonds is 9. The van der Waals surface area contributed by atoms with E-state index in [1.165, 1.54) is 10.7 Å². The fourth-order valence-corrected chi connectivity index (χ4v) is 3.78. The summed E-state index contributed by atoms with van der Waals surface area (Å²) in [5.41, 5.74) is 2.97. The van der Waals surface area contributed by atoms with Crippen LogP contribution in [0, 0.1) is 0 Å². The maximum Gasteiger partial charge on any atom is 0.319 e. The number of morpholine rings is 1. The highest BCUT2D eigenvalue weighted by Crippen LogP contribution is 2.22. The van der Waals surface area contributed by atoms with Crippen molar-refractivity contribution < 1.29 is 14.3 Å². The molecule has 0 atom stereocenters. The van der Waals surface area contributed by atoms with Gasteiger partial charge in [0.05, 0.1) is 25.5 Å². The molecule has 2 aromatic carbocycles. The molecule has 0 bridgehead atoms. The van der Waals surface area contributed by atoms with Crippen molar-refractivity contribution in [3.05, 3.63) is 76.6 Å². The minimum atomic E-state index is -0.252. The second-order valence-electron chi connectivity index (χ2n) is 8.23. The summed E-state index contributed by atoms with van der Waals surface area (Å²) < 4.78 is 12.8. The van der Waals surface area contributed by atoms with Crippen LogP contribution < -0.4 is 20.9 Å². The Morgan fingerprint density at radius 3 is 2.66 bits per heavy atom. The van der Waals surface area contributed by atoms with Crippen LogP contribution in [0.4, 0.5) is 10.5 Å². The summed E-state index contributed by atoms with van der Waals surface area (Å²) >= 11 is 0. The Hall–Kier alpha value is -3.69. The molecule has 2 N–H and O–H groups in total. The highest BCUT2D eigenvalue weighted by atomic mass is 16.5. The van der Waals surface area contributed by atoms with Gasteiger partial charge in [-0.1, -0.05) is 24.3 Å². The highest BCUT2D eigenvalue weighted by molar-refractivity contribution is 5.89. The summed E-state index contributed by atoms with van der Waals surface area (Å²) in [5, 5.41) is 10.0. The highest BCUT2D eigenvalue weighted by Gasteiger charge is 2.10. The normalized spacial score (nSPS) is 13.9. The summed E-state index contributed by atoms with van der Waals surface area (Å²) in [6.45, 7) is 7.60. The van der Waals surface area contributed by atoms with E-state index in [-0.39, 0.29) is 11.6 Å². The van der Waals surface area contributed by atoms with Crippen molar-refractivity contribution in [3.63, 3.8) is 0 Å². The van der Waals surface area contributed by atoms with Gasteiger partial charge in [0.1, 0.15) is 12.4 Å². The molecule has 1 aliphatic rings. The number of ether oxygens (including phenoxy) is 2. The van der Waals surface area contributed by atoms with Crippen LogP contribution in [0.1, 0.15) is 12.5 Å². The van der Waals surface area contributed by atoms with Crippen molar-refractivity contribution in [3.8, 4) is 17.0 Å². The number of aromatic nitrogens is 2. The van der Waals surface area contributed by atoms with Crippen molar-refractivity contribution in [2.75, 3.05) is 51.3 Å². The Morgan fingerprint density at radius 2 is 1.89 bits per heavy atom. The summed E-state index contributed by atoms with van der Waals surface area (Å²) in [7, 11) is 0. The van der Waals surface area contributed by atoms with E-state index in [1.54, 1.807) is 18.2 Å². The van der Waals surface area contributed by atoms with Crippen molar-refractivity contribution in [2.45, 2.75) is 13.5 Å². The molecule has 9 heteroatoms. The smallest absolute Gasteiger partial charge is 0.319 e. The van der Waals surface area contributed by atoms with Gasteiger partial charge >= 0.3 is 6.03 Å². The number of anilines is 1. The minimum absolute atomic E-state index is 0.184. The van der Waals surface area contributed by atoms with Crippen molar-refractivity contribution in [1.82, 2.24) is 20.0 Å². The third kappa shape index (κ3) is 7.14. The molecule has 1 aromatic heterocycles. The van der Waals surface area contributed by atoms with E-state index in [9.17, 15) is 9.59 Å². The second kappa shape index (κ2) is 12.1. The number of amides is 2. The van der Waals surface area contributed by atoms with E-state index in [2.05, 4.69) is 20.6 Å². The third-order valence-electron chi connectivity index (χ3n) is 5.66. The zero-order chi connectivity index (χ0) is 24.5. The molecule has 0 unspecified atom stereocenters. The van der Waals surface area contributed by atoms with Crippen LogP contribution >= 0.6 is 0 Å². The van der Waals surface area contributed by atoms with Crippen LogP contribution in [0.25, 0.3) is 11.3 Å². The fourth-order valence-electron chi connectivity index (χ4n) is 3.78. The number of hydrogen-bond donors (Lipinski definition) is 2. The minimum Gasteiger partial charge on any atom is -0.492 e. The first-order valence-corrected chi connectivity index (χ1v) is 11.9. The Balaban J connectivity index is 1.40. The predicted molar refractivity (Wildman–Crippen MR) is 135 cm³/mol. The van der Waals surface area contributed by atoms with Crippen LogP contribution in [0.3, 0.4) is 0 Å². The molecule has 1 fully saturated rings. The molecule has 0 radical (unpaired) electrons. The topological polar surface area (TPSA) is 97.7 Å². The van der Waals surface area contributed by atoms with E-state index in [0.717, 1.165) is 49.7 Å². The van der Waals surface area contributed by atoms with Crippen molar-refractivity contribution >= 4 is 11.7 Å². The molecule has 2 amide bonds. The van der Waals surface area contributed by atoms with Gasteiger partial charge in [-0.3, -0.25) is 9.69 Å². The molecule has 2 heterocycles. The molecule has 3 aromatic rings. The first-order chi connectivity index (χ1) is 17.1. The van der Waals surface area contributed by atoms with Gasteiger partial charge in [-0.25, -0.2) is 9.48 Å². The predicted octanol–water partition coefficient (Wildman–Crippen LogP) is 2.81. The van der Waals surface area contributed by atoms with Crippen molar-refractivity contribution in [1.29, 1.82) is 0 Å². The molecular weight excluding hydrogens is 446 g/mol. The lowest BCUT2D eigenvalue weighted by molar-refractivity contribution is 0.0322. The van der Waals surface area contributed by atoms with Crippen LogP contribution in [0.2, 0.25) is 0 Å². The van der Waals surface area contributed by atoms with Crippen LogP contribution in [-0.2, 0) is 11.3 Å². The largest absolute Gasteiger partial charge is 0.492 e. The van der Waals surface area contributed by atoms with E-state index in [4.69, 9.17) is 9.47 Å². The monoisotopic (exact) mass is 477 g/mol. The van der Waals surface area contributed by atoms with Gasteiger partial charge < -0.3 is 20.1 Å². The lowest BCUT2D eigenvalue weighted by atomic mass is 10.1. The Kier molecular flexibility index (Phi) is 8.48. The fraction of sp³-hybridized carbons (Fsp3) is 0.346. The van der Waals surface area contributed by atoms with Crippen LogP contribution in [-0.4, -0.2) is 66.7 Å². The summed E-state index contributed by atoms with van der Waals surface area (Å²) in [4.78, 5) is 26.4. The van der Waals surface area contributed by atoms with E-state index < -0.39 is 0 Å². The summed E-state index contributed by atoms with van der Waals surface area (Å²) in [6, 6.07) is 18.1. The zero-order valence-corrected chi connectivity index (χ0v) is 19.9. The van der Waals surface area contributed by atoms with E-state index >= 15 is 0 Å². The first-order valence-electron chi connectivity index (χ1n) is 11.9. The van der Waals surface area contributed by atoms with Gasteiger partial charge in [-0.2, -0.15) is 5.10 Å². The average molecular weight is 478 g/mol. The Morgan fingerprint density at radius 1 is 1.09 bits per heavy atom. The molecule has 1 saturated heterocycles. The lowest BCUT2D eigenvalue weighted by Gasteiger charge is -2.26. The second-order valence-corrected chi connectivity index (χ2v) is 8.23. The van der Waals surface area contributed by atoms with Crippen molar-refractivity contribution in [2.24, 2.45) is 0 Å². The number of nitrogens with zero attached hydrogens (tertiary/aromatic N) is 3. The lowest BCUT2D eigenvalue weighted by Crippen LogP contribution is -2.38. The van der Waals surface area contributed by atoms with E-state index in [1.807, 2.05) is 43.3 Å². The summed E-state index contributed by atoms with van der Waals surface area (Å²) in [5.74, 6) is 0.769.